The summed E-state index contributed by atoms with van der Waals surface area (Å²) in [6, 6.07) is 3.77. The van der Waals surface area contributed by atoms with Gasteiger partial charge in [0.05, 0.1) is 0 Å². The average molecular weight is 235 g/mol. The highest BCUT2D eigenvalue weighted by molar-refractivity contribution is 6.05. The molecule has 0 amide bonds. The molecule has 2 rings (SSSR count). The van der Waals surface area contributed by atoms with Gasteiger partial charge in [-0.05, 0) is 19.9 Å². The van der Waals surface area contributed by atoms with Crippen LogP contribution < -0.4 is 10.6 Å². The lowest BCUT2D eigenvalue weighted by Crippen LogP contribution is -2.46. The molecule has 0 saturated carbocycles. The summed E-state index contributed by atoms with van der Waals surface area (Å²) in [6.07, 6.45) is -0.104. The van der Waals surface area contributed by atoms with E-state index in [2.05, 4.69) is 20.6 Å². The monoisotopic (exact) mass is 235 g/mol. The van der Waals surface area contributed by atoms with E-state index < -0.39 is 0 Å². The Kier molecular flexibility index (Phi) is 3.03. The Morgan fingerprint density at radius 2 is 2.12 bits per heavy atom. The summed E-state index contributed by atoms with van der Waals surface area (Å²) < 4.78 is 5.43. The molecule has 0 aromatic carbocycles. The van der Waals surface area contributed by atoms with Crippen LogP contribution in [0.15, 0.2) is 26.5 Å². The van der Waals surface area contributed by atoms with Crippen molar-refractivity contribution < 1.29 is 4.42 Å². The minimum atomic E-state index is -0.104. The SMILES string of the molecule is Cc1ccc(NC2=NC(C)N=C(N(C)C)N2)o1. The number of nitrogens with one attached hydrogen (secondary N) is 2. The van der Waals surface area contributed by atoms with Gasteiger partial charge in [0.1, 0.15) is 11.9 Å². The van der Waals surface area contributed by atoms with Crippen LogP contribution in [-0.2, 0) is 0 Å². The predicted octanol–water partition coefficient (Wildman–Crippen LogP) is 1.22. The van der Waals surface area contributed by atoms with Gasteiger partial charge in [0.25, 0.3) is 0 Å². The molecule has 1 aromatic heterocycles. The van der Waals surface area contributed by atoms with Crippen LogP contribution in [0.1, 0.15) is 12.7 Å². The molecule has 2 N–H and O–H groups in total. The van der Waals surface area contributed by atoms with E-state index in [4.69, 9.17) is 4.42 Å². The van der Waals surface area contributed by atoms with Crippen molar-refractivity contribution in [2.75, 3.05) is 19.4 Å². The van der Waals surface area contributed by atoms with Gasteiger partial charge in [-0.25, -0.2) is 9.98 Å². The largest absolute Gasteiger partial charge is 0.446 e. The first kappa shape index (κ1) is 11.5. The number of aryl methyl sites for hydroxylation is 1. The fourth-order valence-electron chi connectivity index (χ4n) is 1.47. The molecule has 92 valence electrons. The van der Waals surface area contributed by atoms with Gasteiger partial charge in [0.2, 0.25) is 11.9 Å². The quantitative estimate of drug-likeness (QED) is 0.768. The molecule has 6 heteroatoms. The molecule has 0 radical (unpaired) electrons. The van der Waals surface area contributed by atoms with E-state index in [0.717, 1.165) is 11.7 Å². The fraction of sp³-hybridized carbons (Fsp3) is 0.455. The van der Waals surface area contributed by atoms with E-state index in [1.54, 1.807) is 0 Å². The lowest BCUT2D eigenvalue weighted by molar-refractivity contribution is 0.550. The van der Waals surface area contributed by atoms with Crippen LogP contribution in [0, 0.1) is 6.92 Å². The van der Waals surface area contributed by atoms with Gasteiger partial charge in [0.15, 0.2) is 5.88 Å². The first-order valence-electron chi connectivity index (χ1n) is 5.48. The summed E-state index contributed by atoms with van der Waals surface area (Å²) in [4.78, 5) is 10.6. The second kappa shape index (κ2) is 4.48. The van der Waals surface area contributed by atoms with Crippen LogP contribution in [0.25, 0.3) is 0 Å². The van der Waals surface area contributed by atoms with Crippen molar-refractivity contribution in [3.05, 3.63) is 17.9 Å². The topological polar surface area (TPSA) is 65.2 Å². The second-order valence-corrected chi connectivity index (χ2v) is 4.12. The molecule has 0 aliphatic carbocycles. The van der Waals surface area contributed by atoms with Crippen LogP contribution in [0.3, 0.4) is 0 Å². The van der Waals surface area contributed by atoms with Gasteiger partial charge < -0.3 is 9.32 Å². The molecule has 6 nitrogen and oxygen atoms in total. The summed E-state index contributed by atoms with van der Waals surface area (Å²) in [6.45, 7) is 3.83. The number of hydrogen-bond acceptors (Lipinski definition) is 6. The third-order valence-corrected chi connectivity index (χ3v) is 2.26. The molecule has 1 aliphatic rings. The Morgan fingerprint density at radius 1 is 1.35 bits per heavy atom. The Morgan fingerprint density at radius 3 is 2.71 bits per heavy atom. The van der Waals surface area contributed by atoms with Crippen LogP contribution in [-0.4, -0.2) is 37.1 Å². The van der Waals surface area contributed by atoms with Gasteiger partial charge >= 0.3 is 0 Å². The fourth-order valence-corrected chi connectivity index (χ4v) is 1.47. The second-order valence-electron chi connectivity index (χ2n) is 4.12. The van der Waals surface area contributed by atoms with Gasteiger partial charge in [-0.2, -0.15) is 0 Å². The molecule has 0 spiro atoms. The molecular formula is C11H17N5O. The van der Waals surface area contributed by atoms with Gasteiger partial charge in [-0.3, -0.25) is 10.6 Å². The number of anilines is 1. The van der Waals surface area contributed by atoms with Crippen molar-refractivity contribution >= 4 is 17.8 Å². The van der Waals surface area contributed by atoms with E-state index in [1.807, 2.05) is 45.0 Å². The first-order valence-corrected chi connectivity index (χ1v) is 5.48. The molecular weight excluding hydrogens is 218 g/mol. The smallest absolute Gasteiger partial charge is 0.207 e. The van der Waals surface area contributed by atoms with E-state index in [9.17, 15) is 0 Å². The summed E-state index contributed by atoms with van der Waals surface area (Å²) in [7, 11) is 3.86. The summed E-state index contributed by atoms with van der Waals surface area (Å²) in [5.41, 5.74) is 0. The number of hydrogen-bond donors (Lipinski definition) is 2. The lowest BCUT2D eigenvalue weighted by atomic mass is 10.5. The number of aliphatic imine (C=N–C) groups is 2. The number of guanidine groups is 2. The number of rotatable bonds is 1. The molecule has 1 unspecified atom stereocenters. The summed E-state index contributed by atoms with van der Waals surface area (Å²) in [5, 5.41) is 6.18. The maximum Gasteiger partial charge on any atom is 0.207 e. The lowest BCUT2D eigenvalue weighted by Gasteiger charge is -2.23. The number of furan rings is 1. The van der Waals surface area contributed by atoms with Gasteiger partial charge in [-0.15, -0.1) is 0 Å². The summed E-state index contributed by atoms with van der Waals surface area (Å²) in [5.74, 6) is 2.95. The molecule has 0 saturated heterocycles. The predicted molar refractivity (Wildman–Crippen MR) is 68.2 cm³/mol. The average Bonchev–Trinajstić information content (AvgIpc) is 2.63. The minimum Gasteiger partial charge on any atom is -0.446 e. The Bertz CT molecular complexity index is 460. The Balaban J connectivity index is 2.08. The maximum atomic E-state index is 5.43. The third kappa shape index (κ3) is 2.77. The van der Waals surface area contributed by atoms with E-state index in [-0.39, 0.29) is 6.17 Å². The molecule has 1 atom stereocenters. The van der Waals surface area contributed by atoms with Gasteiger partial charge in [0, 0.05) is 20.2 Å². The standard InChI is InChI=1S/C11H17N5O/c1-7-5-6-9(17-7)14-10-12-8(2)13-11(15-10)16(3)4/h5-6,8H,1-4H3,(H2,12,13,14,15). The molecule has 0 fully saturated rings. The molecule has 2 heterocycles. The molecule has 0 bridgehead atoms. The van der Waals surface area contributed by atoms with Crippen LogP contribution in [0.4, 0.5) is 5.88 Å². The molecule has 1 aliphatic heterocycles. The summed E-state index contributed by atoms with van der Waals surface area (Å²) >= 11 is 0. The van der Waals surface area contributed by atoms with E-state index in [1.165, 1.54) is 0 Å². The van der Waals surface area contributed by atoms with E-state index >= 15 is 0 Å². The minimum absolute atomic E-state index is 0.104. The van der Waals surface area contributed by atoms with Gasteiger partial charge in [-0.1, -0.05) is 0 Å². The zero-order chi connectivity index (χ0) is 12.4. The van der Waals surface area contributed by atoms with Crippen molar-refractivity contribution in [3.8, 4) is 0 Å². The van der Waals surface area contributed by atoms with Crippen molar-refractivity contribution in [2.45, 2.75) is 20.0 Å². The Labute approximate surface area is 100 Å². The highest BCUT2D eigenvalue weighted by Gasteiger charge is 2.15. The van der Waals surface area contributed by atoms with Crippen LogP contribution in [0.2, 0.25) is 0 Å². The van der Waals surface area contributed by atoms with Crippen molar-refractivity contribution in [1.82, 2.24) is 10.2 Å². The maximum absolute atomic E-state index is 5.43. The van der Waals surface area contributed by atoms with Crippen LogP contribution in [0.5, 0.6) is 0 Å². The Hall–Kier alpha value is -1.98. The molecule has 1 aromatic rings. The first-order chi connectivity index (χ1) is 8.04. The van der Waals surface area contributed by atoms with Crippen molar-refractivity contribution in [1.29, 1.82) is 0 Å². The van der Waals surface area contributed by atoms with Crippen molar-refractivity contribution in [2.24, 2.45) is 9.98 Å². The normalized spacial score (nSPS) is 19.2. The van der Waals surface area contributed by atoms with Crippen LogP contribution >= 0.6 is 0 Å². The number of nitrogens with zero attached hydrogens (tertiary/aromatic N) is 3. The highest BCUT2D eigenvalue weighted by atomic mass is 16.4. The van der Waals surface area contributed by atoms with Crippen molar-refractivity contribution in [3.63, 3.8) is 0 Å². The molecule has 17 heavy (non-hydrogen) atoms. The van der Waals surface area contributed by atoms with E-state index in [0.29, 0.717) is 11.8 Å². The highest BCUT2D eigenvalue weighted by Crippen LogP contribution is 2.12. The zero-order valence-corrected chi connectivity index (χ0v) is 10.5. The third-order valence-electron chi connectivity index (χ3n) is 2.26. The zero-order valence-electron chi connectivity index (χ0n) is 10.5.